The van der Waals surface area contributed by atoms with Gasteiger partial charge < -0.3 is 14.6 Å². The van der Waals surface area contributed by atoms with Gasteiger partial charge in [-0.3, -0.25) is 4.90 Å². The highest BCUT2D eigenvalue weighted by atomic mass is 32.2. The van der Waals surface area contributed by atoms with E-state index in [2.05, 4.69) is 46.1 Å². The zero-order chi connectivity index (χ0) is 24.9. The molecule has 4 aromatic rings. The Balaban J connectivity index is 1.36. The van der Waals surface area contributed by atoms with Crippen molar-refractivity contribution in [3.63, 3.8) is 0 Å². The topological polar surface area (TPSA) is 94.7 Å². The summed E-state index contributed by atoms with van der Waals surface area (Å²) in [5.74, 6) is 1.69. The first-order chi connectivity index (χ1) is 17.4. The summed E-state index contributed by atoms with van der Waals surface area (Å²) in [5, 5.41) is 1.11. The van der Waals surface area contributed by atoms with Gasteiger partial charge >= 0.3 is 0 Å². The van der Waals surface area contributed by atoms with Crippen LogP contribution < -0.4 is 4.90 Å². The van der Waals surface area contributed by atoms with Crippen LogP contribution in [0.2, 0.25) is 0 Å². The molecule has 0 radical (unpaired) electrons. The van der Waals surface area contributed by atoms with Crippen molar-refractivity contribution in [3.8, 4) is 11.4 Å². The first-order valence-corrected chi connectivity index (χ1v) is 14.9. The van der Waals surface area contributed by atoms with Gasteiger partial charge in [-0.05, 0) is 31.7 Å². The number of ether oxygens (including phenoxy) is 1. The number of H-pyrrole nitrogens is 1. The molecule has 0 bridgehead atoms. The van der Waals surface area contributed by atoms with Crippen LogP contribution >= 0.6 is 11.3 Å². The molecule has 1 atom stereocenters. The zero-order valence-corrected chi connectivity index (χ0v) is 22.1. The summed E-state index contributed by atoms with van der Waals surface area (Å²) in [7, 11) is -1.07. The Kier molecular flexibility index (Phi) is 6.21. The Labute approximate surface area is 214 Å². The fraction of sp³-hybridized carbons (Fsp3) is 0.440. The predicted molar refractivity (Wildman–Crippen MR) is 144 cm³/mol. The summed E-state index contributed by atoms with van der Waals surface area (Å²) >= 11 is 1.73. The third kappa shape index (κ3) is 4.50. The van der Waals surface area contributed by atoms with Crippen molar-refractivity contribution in [2.24, 2.45) is 0 Å². The van der Waals surface area contributed by atoms with Gasteiger partial charge in [0, 0.05) is 66.3 Å². The number of rotatable bonds is 6. The molecule has 2 aliphatic rings. The van der Waals surface area contributed by atoms with Crippen LogP contribution in [-0.2, 0) is 21.3 Å². The molecule has 0 spiro atoms. The molecule has 0 aliphatic carbocycles. The molecular weight excluding hydrogens is 496 g/mol. The molecule has 1 N–H and O–H groups in total. The molecule has 11 heteroatoms. The summed E-state index contributed by atoms with van der Waals surface area (Å²) in [6.45, 7) is 4.85. The van der Waals surface area contributed by atoms with Gasteiger partial charge in [-0.25, -0.2) is 22.7 Å². The number of nitrogens with zero attached hydrogens (tertiary/aromatic N) is 5. The highest BCUT2D eigenvalue weighted by Crippen LogP contribution is 2.36. The molecule has 9 nitrogen and oxygen atoms in total. The molecule has 1 unspecified atom stereocenters. The molecule has 6 rings (SSSR count). The van der Waals surface area contributed by atoms with Crippen LogP contribution in [0.3, 0.4) is 0 Å². The van der Waals surface area contributed by atoms with Crippen LogP contribution in [0.1, 0.15) is 11.3 Å². The number of aromatic amines is 1. The SMILES string of the molecule is CN(Cc1cc2nc(-c3cccc4[nH]ccc34)nc(N3CCOCC3)c2s1)C1CCN(S(C)(=O)=O)C1. The fourth-order valence-corrected chi connectivity index (χ4v) is 7.24. The molecule has 2 saturated heterocycles. The Morgan fingerprint density at radius 3 is 2.81 bits per heavy atom. The summed E-state index contributed by atoms with van der Waals surface area (Å²) < 4.78 is 32.2. The fourth-order valence-electron chi connectivity index (χ4n) is 5.18. The quantitative estimate of drug-likeness (QED) is 0.412. The van der Waals surface area contributed by atoms with Crippen molar-refractivity contribution in [2.45, 2.75) is 19.0 Å². The number of fused-ring (bicyclic) bond motifs is 2. The predicted octanol–water partition coefficient (Wildman–Crippen LogP) is 3.14. The molecule has 5 heterocycles. The molecule has 2 fully saturated rings. The highest BCUT2D eigenvalue weighted by Gasteiger charge is 2.31. The first kappa shape index (κ1) is 23.8. The number of likely N-dealkylation sites (N-methyl/N-ethyl adjacent to an activating group) is 1. The van der Waals surface area contributed by atoms with Crippen LogP contribution in [0.25, 0.3) is 32.5 Å². The smallest absolute Gasteiger partial charge is 0.211 e. The van der Waals surface area contributed by atoms with Gasteiger partial charge in [-0.15, -0.1) is 11.3 Å². The molecule has 36 heavy (non-hydrogen) atoms. The summed E-state index contributed by atoms with van der Waals surface area (Å²) in [5.41, 5.74) is 3.03. The third-order valence-corrected chi connectivity index (χ3v) is 9.55. The standard InChI is InChI=1S/C25H30N6O3S2/c1-29(17-7-9-31(15-17)36(2,32)33)16-18-14-22-23(35-18)25(30-10-12-34-13-11-30)28-24(27-22)20-4-3-5-21-19(20)6-8-26-21/h3-6,8,14,17,26H,7,9-13,15-16H2,1-2H3. The monoisotopic (exact) mass is 526 g/mol. The number of thiophene rings is 1. The number of nitrogens with one attached hydrogen (secondary N) is 1. The minimum absolute atomic E-state index is 0.205. The first-order valence-electron chi connectivity index (χ1n) is 12.2. The van der Waals surface area contributed by atoms with E-state index in [-0.39, 0.29) is 6.04 Å². The molecule has 190 valence electrons. The van der Waals surface area contributed by atoms with Gasteiger partial charge in [0.2, 0.25) is 10.0 Å². The molecule has 3 aromatic heterocycles. The van der Waals surface area contributed by atoms with E-state index < -0.39 is 10.0 Å². The second-order valence-electron chi connectivity index (χ2n) is 9.62. The van der Waals surface area contributed by atoms with Crippen molar-refractivity contribution < 1.29 is 13.2 Å². The van der Waals surface area contributed by atoms with E-state index in [0.717, 1.165) is 64.4 Å². The Hall–Kier alpha value is -2.57. The van der Waals surface area contributed by atoms with Gasteiger partial charge in [-0.2, -0.15) is 0 Å². The van der Waals surface area contributed by atoms with Crippen LogP contribution in [0.4, 0.5) is 5.82 Å². The number of hydrogen-bond acceptors (Lipinski definition) is 8. The van der Waals surface area contributed by atoms with E-state index in [9.17, 15) is 8.42 Å². The lowest BCUT2D eigenvalue weighted by atomic mass is 10.1. The van der Waals surface area contributed by atoms with Crippen LogP contribution in [0.15, 0.2) is 36.5 Å². The van der Waals surface area contributed by atoms with Gasteiger partial charge in [0.25, 0.3) is 0 Å². The Morgan fingerprint density at radius 2 is 2.03 bits per heavy atom. The number of anilines is 1. The van der Waals surface area contributed by atoms with Crippen LogP contribution in [0, 0.1) is 0 Å². The lowest BCUT2D eigenvalue weighted by Gasteiger charge is -2.28. The molecule has 0 amide bonds. The minimum Gasteiger partial charge on any atom is -0.378 e. The second-order valence-corrected chi connectivity index (χ2v) is 12.7. The van der Waals surface area contributed by atoms with E-state index in [1.807, 2.05) is 12.3 Å². The largest absolute Gasteiger partial charge is 0.378 e. The average Bonchev–Trinajstić information content (AvgIpc) is 3.62. The average molecular weight is 527 g/mol. The number of benzene rings is 1. The maximum Gasteiger partial charge on any atom is 0.211 e. The lowest BCUT2D eigenvalue weighted by Crippen LogP contribution is -2.36. The van der Waals surface area contributed by atoms with Gasteiger partial charge in [0.05, 0.1) is 29.7 Å². The number of hydrogen-bond donors (Lipinski definition) is 1. The lowest BCUT2D eigenvalue weighted by molar-refractivity contribution is 0.122. The van der Waals surface area contributed by atoms with Crippen LogP contribution in [0.5, 0.6) is 0 Å². The molecule has 1 aromatic carbocycles. The van der Waals surface area contributed by atoms with Gasteiger partial charge in [0.1, 0.15) is 0 Å². The second kappa shape index (κ2) is 9.38. The number of morpholine rings is 1. The molecular formula is C25H30N6O3S2. The summed E-state index contributed by atoms with van der Waals surface area (Å²) in [6.07, 6.45) is 4.08. The maximum absolute atomic E-state index is 12.0. The number of aromatic nitrogens is 3. The van der Waals surface area contributed by atoms with Crippen LogP contribution in [-0.4, -0.2) is 91.3 Å². The third-order valence-electron chi connectivity index (χ3n) is 7.17. The van der Waals surface area contributed by atoms with E-state index in [4.69, 9.17) is 14.7 Å². The van der Waals surface area contributed by atoms with E-state index in [0.29, 0.717) is 26.3 Å². The van der Waals surface area contributed by atoms with E-state index >= 15 is 0 Å². The summed E-state index contributed by atoms with van der Waals surface area (Å²) in [6, 6.07) is 10.6. The van der Waals surface area contributed by atoms with Gasteiger partial charge in [0.15, 0.2) is 11.6 Å². The maximum atomic E-state index is 12.0. The van der Waals surface area contributed by atoms with Gasteiger partial charge in [-0.1, -0.05) is 12.1 Å². The van der Waals surface area contributed by atoms with E-state index in [1.165, 1.54) is 11.1 Å². The Bertz CT molecular complexity index is 1510. The van der Waals surface area contributed by atoms with Crippen molar-refractivity contribution >= 4 is 48.3 Å². The minimum atomic E-state index is -3.15. The van der Waals surface area contributed by atoms with Crippen molar-refractivity contribution in [2.75, 3.05) is 57.6 Å². The molecule has 0 saturated carbocycles. The van der Waals surface area contributed by atoms with Crippen molar-refractivity contribution in [1.82, 2.24) is 24.2 Å². The van der Waals surface area contributed by atoms with Crippen molar-refractivity contribution in [1.29, 1.82) is 0 Å². The van der Waals surface area contributed by atoms with E-state index in [1.54, 1.807) is 15.6 Å². The zero-order valence-electron chi connectivity index (χ0n) is 20.5. The normalized spacial score (nSPS) is 19.8. The van der Waals surface area contributed by atoms with Crippen molar-refractivity contribution in [3.05, 3.63) is 41.4 Å². The summed E-state index contributed by atoms with van der Waals surface area (Å²) in [4.78, 5) is 19.2. The number of sulfonamides is 1. The highest BCUT2D eigenvalue weighted by molar-refractivity contribution is 7.88. The molecule has 2 aliphatic heterocycles. The Morgan fingerprint density at radius 1 is 1.19 bits per heavy atom.